The monoisotopic (exact) mass is 470 g/mol. The van der Waals surface area contributed by atoms with E-state index in [9.17, 15) is 18.0 Å². The Kier molecular flexibility index (Phi) is 6.69. The summed E-state index contributed by atoms with van der Waals surface area (Å²) >= 11 is 6.75. The van der Waals surface area contributed by atoms with Gasteiger partial charge in [-0.1, -0.05) is 23.7 Å². The molecule has 0 spiro atoms. The molecule has 2 aromatic rings. The Labute approximate surface area is 182 Å². The van der Waals surface area contributed by atoms with Crippen molar-refractivity contribution in [1.82, 2.24) is 10.6 Å². The Morgan fingerprint density at radius 1 is 1.20 bits per heavy atom. The second kappa shape index (κ2) is 9.07. The Balaban J connectivity index is 2.04. The van der Waals surface area contributed by atoms with Crippen LogP contribution in [0.3, 0.4) is 0 Å². The Hall–Kier alpha value is -2.56. The van der Waals surface area contributed by atoms with Gasteiger partial charge in [-0.3, -0.25) is 0 Å². The first-order valence-electron chi connectivity index (χ1n) is 8.85. The molecular formula is C19H19ClN2O6S2. The highest BCUT2D eigenvalue weighted by Gasteiger charge is 2.35. The van der Waals surface area contributed by atoms with E-state index in [-0.39, 0.29) is 15.5 Å². The highest BCUT2D eigenvalue weighted by Crippen LogP contribution is 2.32. The molecule has 1 atom stereocenters. The van der Waals surface area contributed by atoms with Gasteiger partial charge in [-0.15, -0.1) is 11.3 Å². The number of benzene rings is 1. The van der Waals surface area contributed by atoms with Crippen LogP contribution in [0.15, 0.2) is 51.9 Å². The first-order valence-corrected chi connectivity index (χ1v) is 11.7. The summed E-state index contributed by atoms with van der Waals surface area (Å²) in [6.07, 6.45) is 0. The van der Waals surface area contributed by atoms with Crippen molar-refractivity contribution in [1.29, 1.82) is 0 Å². The number of hydrogen-bond acceptors (Lipinski definition) is 7. The summed E-state index contributed by atoms with van der Waals surface area (Å²) in [5, 5.41) is 5.09. The van der Waals surface area contributed by atoms with Gasteiger partial charge in [0.1, 0.15) is 9.96 Å². The summed E-state index contributed by atoms with van der Waals surface area (Å²) in [4.78, 5) is 24.8. The number of methoxy groups -OCH3 is 1. The van der Waals surface area contributed by atoms with E-state index in [0.29, 0.717) is 22.3 Å². The number of hydrogen-bond donors (Lipinski definition) is 2. The van der Waals surface area contributed by atoms with Gasteiger partial charge in [-0.25, -0.2) is 18.0 Å². The number of amides is 2. The lowest BCUT2D eigenvalue weighted by atomic mass is 9.95. The van der Waals surface area contributed by atoms with Crippen LogP contribution in [0.5, 0.6) is 5.75 Å². The molecule has 1 aliphatic heterocycles. The SMILES string of the molecule is CCOc1ccc([C@@H]2NC(=O)NC(CS(=O)(=O)c3ccc(Cl)s3)=C2C(=O)OC)cc1. The van der Waals surface area contributed by atoms with Crippen molar-refractivity contribution in [2.75, 3.05) is 19.5 Å². The predicted molar refractivity (Wildman–Crippen MR) is 112 cm³/mol. The Bertz CT molecular complexity index is 1090. The van der Waals surface area contributed by atoms with E-state index < -0.39 is 33.6 Å². The van der Waals surface area contributed by atoms with E-state index in [0.717, 1.165) is 11.3 Å². The molecular weight excluding hydrogens is 452 g/mol. The fourth-order valence-corrected chi connectivity index (χ4v) is 5.88. The molecule has 30 heavy (non-hydrogen) atoms. The minimum Gasteiger partial charge on any atom is -0.494 e. The molecule has 0 aliphatic carbocycles. The fraction of sp³-hybridized carbons (Fsp3) is 0.263. The van der Waals surface area contributed by atoms with E-state index in [1.54, 1.807) is 24.3 Å². The van der Waals surface area contributed by atoms with Crippen molar-refractivity contribution in [3.05, 3.63) is 57.6 Å². The van der Waals surface area contributed by atoms with Crippen molar-refractivity contribution < 1.29 is 27.5 Å². The van der Waals surface area contributed by atoms with Crippen LogP contribution in [0.25, 0.3) is 0 Å². The highest BCUT2D eigenvalue weighted by molar-refractivity contribution is 7.93. The van der Waals surface area contributed by atoms with Gasteiger partial charge in [0.25, 0.3) is 0 Å². The molecule has 0 saturated heterocycles. The molecule has 1 aliphatic rings. The van der Waals surface area contributed by atoms with Crippen molar-refractivity contribution in [2.45, 2.75) is 17.2 Å². The van der Waals surface area contributed by atoms with Crippen LogP contribution in [0, 0.1) is 0 Å². The van der Waals surface area contributed by atoms with E-state index in [2.05, 4.69) is 10.6 Å². The normalized spacial score (nSPS) is 16.6. The number of thiophene rings is 1. The van der Waals surface area contributed by atoms with Crippen LogP contribution >= 0.6 is 22.9 Å². The van der Waals surface area contributed by atoms with Crippen molar-refractivity contribution in [2.24, 2.45) is 0 Å². The third-order valence-electron chi connectivity index (χ3n) is 4.27. The molecule has 11 heteroatoms. The molecule has 1 aromatic heterocycles. The first kappa shape index (κ1) is 22.1. The number of urea groups is 1. The third kappa shape index (κ3) is 4.77. The van der Waals surface area contributed by atoms with Crippen molar-refractivity contribution >= 4 is 44.8 Å². The number of rotatable bonds is 7. The molecule has 160 valence electrons. The summed E-state index contributed by atoms with van der Waals surface area (Å²) in [5.74, 6) is -0.715. The van der Waals surface area contributed by atoms with Crippen LogP contribution in [0.2, 0.25) is 4.34 Å². The zero-order valence-electron chi connectivity index (χ0n) is 16.1. The summed E-state index contributed by atoms with van der Waals surface area (Å²) in [5.41, 5.74) is 0.532. The maximum atomic E-state index is 12.8. The zero-order valence-corrected chi connectivity index (χ0v) is 18.5. The average Bonchev–Trinajstić information content (AvgIpc) is 3.15. The molecule has 2 amide bonds. The Morgan fingerprint density at radius 2 is 1.90 bits per heavy atom. The average molecular weight is 471 g/mol. The number of carbonyl (C=O) groups is 2. The van der Waals surface area contributed by atoms with Crippen LogP contribution in [-0.4, -0.2) is 39.9 Å². The van der Waals surface area contributed by atoms with Crippen LogP contribution in [-0.2, 0) is 19.4 Å². The molecule has 2 N–H and O–H groups in total. The highest BCUT2D eigenvalue weighted by atomic mass is 35.5. The summed E-state index contributed by atoms with van der Waals surface area (Å²) in [7, 11) is -2.66. The van der Waals surface area contributed by atoms with Crippen molar-refractivity contribution in [3.63, 3.8) is 0 Å². The largest absolute Gasteiger partial charge is 0.494 e. The summed E-state index contributed by atoms with van der Waals surface area (Å²) in [6.45, 7) is 2.35. The van der Waals surface area contributed by atoms with E-state index in [1.807, 2.05) is 6.92 Å². The van der Waals surface area contributed by atoms with Gasteiger partial charge >= 0.3 is 12.0 Å². The van der Waals surface area contributed by atoms with E-state index >= 15 is 0 Å². The minimum absolute atomic E-state index is 0.00693. The maximum absolute atomic E-state index is 12.8. The summed E-state index contributed by atoms with van der Waals surface area (Å²) in [6, 6.07) is 8.12. The molecule has 8 nitrogen and oxygen atoms in total. The van der Waals surface area contributed by atoms with Gasteiger partial charge in [0, 0.05) is 5.70 Å². The Morgan fingerprint density at radius 3 is 2.47 bits per heavy atom. The van der Waals surface area contributed by atoms with Gasteiger partial charge in [0.05, 0.1) is 35.4 Å². The lowest BCUT2D eigenvalue weighted by molar-refractivity contribution is -0.136. The molecule has 0 unspecified atom stereocenters. The number of sulfone groups is 1. The van der Waals surface area contributed by atoms with Gasteiger partial charge in [-0.2, -0.15) is 0 Å². The van der Waals surface area contributed by atoms with E-state index in [4.69, 9.17) is 21.1 Å². The van der Waals surface area contributed by atoms with Gasteiger partial charge in [0.15, 0.2) is 9.84 Å². The quantitative estimate of drug-likeness (QED) is 0.602. The third-order valence-corrected chi connectivity index (χ3v) is 7.73. The standard InChI is InChI=1S/C19H19ClN2O6S2/c1-3-28-12-6-4-11(5-7-12)17-16(18(23)27-2)13(21-19(24)22-17)10-30(25,26)15-9-8-14(20)29-15/h4-9,17H,3,10H2,1-2H3,(H2,21,22,24)/t17-/m0/s1. The molecule has 0 saturated carbocycles. The van der Waals surface area contributed by atoms with Crippen molar-refractivity contribution in [3.8, 4) is 5.75 Å². The minimum atomic E-state index is -3.85. The molecule has 0 fully saturated rings. The summed E-state index contributed by atoms with van der Waals surface area (Å²) < 4.78 is 36.3. The lowest BCUT2D eigenvalue weighted by Crippen LogP contribution is -2.47. The number of nitrogens with one attached hydrogen (secondary N) is 2. The number of esters is 1. The molecule has 2 heterocycles. The van der Waals surface area contributed by atoms with Crippen LogP contribution in [0.4, 0.5) is 4.79 Å². The molecule has 0 radical (unpaired) electrons. The number of ether oxygens (including phenoxy) is 2. The van der Waals surface area contributed by atoms with Crippen LogP contribution in [0.1, 0.15) is 18.5 Å². The first-order chi connectivity index (χ1) is 14.2. The smallest absolute Gasteiger partial charge is 0.338 e. The second-order valence-electron chi connectivity index (χ2n) is 6.23. The maximum Gasteiger partial charge on any atom is 0.338 e. The molecule has 1 aromatic carbocycles. The number of carbonyl (C=O) groups excluding carboxylic acids is 2. The zero-order chi connectivity index (χ0) is 21.9. The molecule has 0 bridgehead atoms. The van der Waals surface area contributed by atoms with Gasteiger partial charge in [0.2, 0.25) is 0 Å². The molecule has 3 rings (SSSR count). The van der Waals surface area contributed by atoms with E-state index in [1.165, 1.54) is 19.2 Å². The lowest BCUT2D eigenvalue weighted by Gasteiger charge is -2.29. The van der Waals surface area contributed by atoms with Gasteiger partial charge in [-0.05, 0) is 36.8 Å². The predicted octanol–water partition coefficient (Wildman–Crippen LogP) is 3.06. The van der Waals surface area contributed by atoms with Crippen LogP contribution < -0.4 is 15.4 Å². The second-order valence-corrected chi connectivity index (χ2v) is 10.2. The topological polar surface area (TPSA) is 111 Å². The van der Waals surface area contributed by atoms with Gasteiger partial charge < -0.3 is 20.1 Å². The number of halogens is 1. The fourth-order valence-electron chi connectivity index (χ4n) is 2.98.